The minimum Gasteiger partial charge on any atom is -0.326 e. The Bertz CT molecular complexity index is 685. The Balaban J connectivity index is 2.14. The number of urea groups is 1. The maximum atomic E-state index is 12.3. The van der Waals surface area contributed by atoms with E-state index in [9.17, 15) is 18.0 Å². The normalized spacial score (nSPS) is 20.1. The van der Waals surface area contributed by atoms with Crippen LogP contribution in [-0.4, -0.2) is 31.3 Å². The minimum absolute atomic E-state index is 0.00840. The minimum atomic E-state index is -3.75. The first kappa shape index (κ1) is 16.4. The SMILES string of the molecule is CCC(C)[C@@H]1NC(=O)N(Cc2ccc(S(N)(=O)=O)cc2)C1=O. The molecule has 0 aromatic heterocycles. The van der Waals surface area contributed by atoms with Crippen LogP contribution in [0.4, 0.5) is 4.79 Å². The average molecular weight is 325 g/mol. The summed E-state index contributed by atoms with van der Waals surface area (Å²) in [5.74, 6) is -0.193. The van der Waals surface area contributed by atoms with Crippen molar-refractivity contribution in [3.8, 4) is 0 Å². The molecule has 8 heteroatoms. The molecule has 0 spiro atoms. The molecule has 1 aromatic carbocycles. The molecular formula is C14H19N3O4S. The Morgan fingerprint density at radius 1 is 1.27 bits per heavy atom. The smallest absolute Gasteiger partial charge is 0.325 e. The van der Waals surface area contributed by atoms with Crippen molar-refractivity contribution in [2.24, 2.45) is 11.1 Å². The van der Waals surface area contributed by atoms with Crippen molar-refractivity contribution in [3.63, 3.8) is 0 Å². The van der Waals surface area contributed by atoms with Gasteiger partial charge in [0.1, 0.15) is 6.04 Å². The summed E-state index contributed by atoms with van der Waals surface area (Å²) in [6.45, 7) is 3.97. The highest BCUT2D eigenvalue weighted by molar-refractivity contribution is 7.89. The van der Waals surface area contributed by atoms with Gasteiger partial charge in [0.25, 0.3) is 5.91 Å². The molecule has 0 aliphatic carbocycles. The quantitative estimate of drug-likeness (QED) is 0.780. The van der Waals surface area contributed by atoms with E-state index < -0.39 is 22.1 Å². The van der Waals surface area contributed by atoms with Gasteiger partial charge in [0.05, 0.1) is 11.4 Å². The number of hydrogen-bond acceptors (Lipinski definition) is 4. The molecule has 2 atom stereocenters. The van der Waals surface area contributed by atoms with Gasteiger partial charge in [-0.25, -0.2) is 18.4 Å². The number of nitrogens with two attached hydrogens (primary N) is 1. The molecule has 3 amide bonds. The maximum Gasteiger partial charge on any atom is 0.325 e. The zero-order valence-electron chi connectivity index (χ0n) is 12.4. The first-order valence-electron chi connectivity index (χ1n) is 6.97. The molecule has 7 nitrogen and oxygen atoms in total. The van der Waals surface area contributed by atoms with E-state index in [2.05, 4.69) is 5.32 Å². The predicted octanol–water partition coefficient (Wildman–Crippen LogP) is 0.801. The number of rotatable bonds is 5. The van der Waals surface area contributed by atoms with E-state index >= 15 is 0 Å². The summed E-state index contributed by atoms with van der Waals surface area (Å²) in [4.78, 5) is 25.3. The summed E-state index contributed by atoms with van der Waals surface area (Å²) in [7, 11) is -3.75. The molecule has 0 radical (unpaired) electrons. The number of carbonyl (C=O) groups is 2. The Kier molecular flexibility index (Phi) is 4.52. The lowest BCUT2D eigenvalue weighted by molar-refractivity contribution is -0.128. The molecule has 1 saturated heterocycles. The van der Waals surface area contributed by atoms with Gasteiger partial charge in [-0.1, -0.05) is 32.4 Å². The fraction of sp³-hybridized carbons (Fsp3) is 0.429. The van der Waals surface area contributed by atoms with Crippen LogP contribution in [-0.2, 0) is 21.4 Å². The van der Waals surface area contributed by atoms with Crippen molar-refractivity contribution in [2.75, 3.05) is 0 Å². The van der Waals surface area contributed by atoms with Gasteiger partial charge >= 0.3 is 6.03 Å². The van der Waals surface area contributed by atoms with Gasteiger partial charge in [-0.15, -0.1) is 0 Å². The van der Waals surface area contributed by atoms with Crippen molar-refractivity contribution in [3.05, 3.63) is 29.8 Å². The van der Waals surface area contributed by atoms with Gasteiger partial charge < -0.3 is 5.32 Å². The van der Waals surface area contributed by atoms with Crippen LogP contribution in [0.15, 0.2) is 29.2 Å². The van der Waals surface area contributed by atoms with Crippen LogP contribution >= 0.6 is 0 Å². The van der Waals surface area contributed by atoms with Crippen molar-refractivity contribution in [2.45, 2.75) is 37.8 Å². The Hall–Kier alpha value is -1.93. The van der Waals surface area contributed by atoms with Crippen LogP contribution in [0.25, 0.3) is 0 Å². The summed E-state index contributed by atoms with van der Waals surface area (Å²) >= 11 is 0. The number of hydrogen-bond donors (Lipinski definition) is 2. The molecule has 120 valence electrons. The van der Waals surface area contributed by atoms with E-state index in [4.69, 9.17) is 5.14 Å². The number of benzene rings is 1. The van der Waals surface area contributed by atoms with Gasteiger partial charge in [-0.05, 0) is 23.6 Å². The fourth-order valence-corrected chi connectivity index (χ4v) is 2.79. The third-order valence-electron chi connectivity index (χ3n) is 3.86. The Labute approximate surface area is 129 Å². The van der Waals surface area contributed by atoms with Crippen LogP contribution in [0, 0.1) is 5.92 Å². The van der Waals surface area contributed by atoms with Gasteiger partial charge in [0, 0.05) is 0 Å². The fourth-order valence-electron chi connectivity index (χ4n) is 2.28. The molecule has 1 aliphatic heterocycles. The lowest BCUT2D eigenvalue weighted by Crippen LogP contribution is -2.35. The van der Waals surface area contributed by atoms with Crippen LogP contribution in [0.3, 0.4) is 0 Å². The van der Waals surface area contributed by atoms with E-state index in [-0.39, 0.29) is 23.3 Å². The summed E-state index contributed by atoms with van der Waals surface area (Å²) in [5.41, 5.74) is 0.653. The van der Waals surface area contributed by atoms with E-state index in [1.165, 1.54) is 24.3 Å². The van der Waals surface area contributed by atoms with E-state index in [1.807, 2.05) is 13.8 Å². The number of carbonyl (C=O) groups excluding carboxylic acids is 2. The summed E-state index contributed by atoms with van der Waals surface area (Å²) < 4.78 is 22.4. The molecule has 3 N–H and O–H groups in total. The number of primary sulfonamides is 1. The number of amides is 3. The molecule has 0 saturated carbocycles. The highest BCUT2D eigenvalue weighted by atomic mass is 32.2. The number of sulfonamides is 1. The second-order valence-electron chi connectivity index (χ2n) is 5.43. The molecule has 0 bridgehead atoms. The highest BCUT2D eigenvalue weighted by Gasteiger charge is 2.40. The van der Waals surface area contributed by atoms with Crippen molar-refractivity contribution >= 4 is 22.0 Å². The topological polar surface area (TPSA) is 110 Å². The number of nitrogens with zero attached hydrogens (tertiary/aromatic N) is 1. The van der Waals surface area contributed by atoms with Crippen LogP contribution in [0.1, 0.15) is 25.8 Å². The summed E-state index contributed by atoms with van der Waals surface area (Å²) in [6, 6.07) is 4.87. The zero-order chi connectivity index (χ0) is 16.5. The monoisotopic (exact) mass is 325 g/mol. The number of imide groups is 1. The molecular weight excluding hydrogens is 306 g/mol. The van der Waals surface area contributed by atoms with Crippen LogP contribution in [0.2, 0.25) is 0 Å². The Morgan fingerprint density at radius 2 is 1.86 bits per heavy atom. The summed E-state index contributed by atoms with van der Waals surface area (Å²) in [6.07, 6.45) is 0.785. The summed E-state index contributed by atoms with van der Waals surface area (Å²) in [5, 5.41) is 7.71. The molecule has 22 heavy (non-hydrogen) atoms. The molecule has 1 heterocycles. The standard InChI is InChI=1S/C14H19N3O4S/c1-3-9(2)12-13(18)17(14(19)16-12)8-10-4-6-11(7-5-10)22(15,20)21/h4-7,9,12H,3,8H2,1-2H3,(H,16,19)(H2,15,20,21)/t9?,12-/m0/s1. The second kappa shape index (κ2) is 6.05. The first-order valence-corrected chi connectivity index (χ1v) is 8.52. The van der Waals surface area contributed by atoms with Crippen molar-refractivity contribution in [1.29, 1.82) is 0 Å². The Morgan fingerprint density at radius 3 is 2.36 bits per heavy atom. The predicted molar refractivity (Wildman–Crippen MR) is 80.1 cm³/mol. The van der Waals surface area contributed by atoms with E-state index in [0.717, 1.165) is 11.3 Å². The first-order chi connectivity index (χ1) is 10.2. The third kappa shape index (κ3) is 3.28. The van der Waals surface area contributed by atoms with E-state index in [0.29, 0.717) is 5.56 Å². The molecule has 2 rings (SSSR count). The second-order valence-corrected chi connectivity index (χ2v) is 6.99. The average Bonchev–Trinajstić information content (AvgIpc) is 2.74. The van der Waals surface area contributed by atoms with Gasteiger partial charge in [0.2, 0.25) is 10.0 Å². The van der Waals surface area contributed by atoms with Crippen molar-refractivity contribution < 1.29 is 18.0 Å². The van der Waals surface area contributed by atoms with Crippen LogP contribution in [0.5, 0.6) is 0 Å². The van der Waals surface area contributed by atoms with Gasteiger partial charge in [-0.3, -0.25) is 9.69 Å². The van der Waals surface area contributed by atoms with Crippen molar-refractivity contribution in [1.82, 2.24) is 10.2 Å². The van der Waals surface area contributed by atoms with Gasteiger partial charge in [0.15, 0.2) is 0 Å². The molecule has 1 fully saturated rings. The van der Waals surface area contributed by atoms with Gasteiger partial charge in [-0.2, -0.15) is 0 Å². The zero-order valence-corrected chi connectivity index (χ0v) is 13.3. The number of nitrogens with one attached hydrogen (secondary N) is 1. The molecule has 1 aromatic rings. The lowest BCUT2D eigenvalue weighted by atomic mass is 9.99. The highest BCUT2D eigenvalue weighted by Crippen LogP contribution is 2.19. The van der Waals surface area contributed by atoms with E-state index in [1.54, 1.807) is 0 Å². The largest absolute Gasteiger partial charge is 0.326 e. The molecule has 1 unspecified atom stereocenters. The van der Waals surface area contributed by atoms with Crippen LogP contribution < -0.4 is 10.5 Å². The molecule has 1 aliphatic rings. The third-order valence-corrected chi connectivity index (χ3v) is 4.79. The lowest BCUT2D eigenvalue weighted by Gasteiger charge is -2.16. The maximum absolute atomic E-state index is 12.3.